The van der Waals surface area contributed by atoms with E-state index in [-0.39, 0.29) is 12.1 Å². The van der Waals surface area contributed by atoms with Crippen LogP contribution in [0.3, 0.4) is 0 Å². The lowest BCUT2D eigenvalue weighted by Gasteiger charge is -2.13. The Bertz CT molecular complexity index is 298. The van der Waals surface area contributed by atoms with Gasteiger partial charge in [-0.15, -0.1) is 11.8 Å². The number of nitrogens with one attached hydrogen (secondary N) is 1. The van der Waals surface area contributed by atoms with Crippen LogP contribution in [0.25, 0.3) is 0 Å². The molecule has 1 aliphatic carbocycles. The number of thioether (sulfide) groups is 1. The number of benzene rings is 1. The van der Waals surface area contributed by atoms with E-state index in [1.54, 1.807) is 0 Å². The zero-order valence-corrected chi connectivity index (χ0v) is 9.59. The molecule has 0 radical (unpaired) electrons. The molecule has 0 amide bonds. The van der Waals surface area contributed by atoms with E-state index >= 15 is 0 Å². The van der Waals surface area contributed by atoms with Crippen molar-refractivity contribution >= 4 is 11.8 Å². The van der Waals surface area contributed by atoms with Crippen LogP contribution in [0.4, 0.5) is 0 Å². The largest absolute Gasteiger partial charge is 0.394 e. The fourth-order valence-corrected chi connectivity index (χ4v) is 2.33. The Morgan fingerprint density at radius 2 is 2.00 bits per heavy atom. The summed E-state index contributed by atoms with van der Waals surface area (Å²) in [5.74, 6) is 1.06. The maximum Gasteiger partial charge on any atom is 0.0613 e. The van der Waals surface area contributed by atoms with E-state index in [1.165, 1.54) is 4.90 Å². The summed E-state index contributed by atoms with van der Waals surface area (Å²) in [6, 6.07) is 10.4. The molecular formula is C12H17NOS. The first-order valence-corrected chi connectivity index (χ1v) is 6.37. The molecule has 2 nitrogen and oxygen atoms in total. The highest BCUT2D eigenvalue weighted by Gasteiger charge is 2.40. The van der Waals surface area contributed by atoms with Crippen molar-refractivity contribution in [3.8, 4) is 0 Å². The minimum atomic E-state index is 0.0806. The first-order valence-electron chi connectivity index (χ1n) is 5.38. The van der Waals surface area contributed by atoms with E-state index in [4.69, 9.17) is 5.11 Å². The maximum atomic E-state index is 9.10. The summed E-state index contributed by atoms with van der Waals surface area (Å²) >= 11 is 1.86. The summed E-state index contributed by atoms with van der Waals surface area (Å²) in [5, 5.41) is 12.5. The lowest BCUT2D eigenvalue weighted by molar-refractivity contribution is 0.233. The molecule has 0 bridgehead atoms. The fraction of sp³-hybridized carbons (Fsp3) is 0.500. The van der Waals surface area contributed by atoms with Crippen LogP contribution in [-0.4, -0.2) is 29.5 Å². The molecular weight excluding hydrogens is 206 g/mol. The summed E-state index contributed by atoms with van der Waals surface area (Å²) in [5.41, 5.74) is 0.0806. The smallest absolute Gasteiger partial charge is 0.0613 e. The van der Waals surface area contributed by atoms with Gasteiger partial charge in [0.25, 0.3) is 0 Å². The molecule has 2 rings (SSSR count). The molecule has 0 atom stereocenters. The van der Waals surface area contributed by atoms with Gasteiger partial charge in [0.1, 0.15) is 0 Å². The molecule has 3 heteroatoms. The second-order valence-electron chi connectivity index (χ2n) is 4.03. The average Bonchev–Trinajstić information content (AvgIpc) is 3.07. The van der Waals surface area contributed by atoms with E-state index in [0.717, 1.165) is 25.1 Å². The summed E-state index contributed by atoms with van der Waals surface area (Å²) in [7, 11) is 0. The van der Waals surface area contributed by atoms with Crippen molar-refractivity contribution in [2.75, 3.05) is 18.9 Å². The van der Waals surface area contributed by atoms with Gasteiger partial charge in [-0.3, -0.25) is 0 Å². The average molecular weight is 223 g/mol. The van der Waals surface area contributed by atoms with E-state index in [1.807, 2.05) is 17.8 Å². The molecule has 0 spiro atoms. The lowest BCUT2D eigenvalue weighted by Crippen LogP contribution is -2.36. The monoisotopic (exact) mass is 223 g/mol. The van der Waals surface area contributed by atoms with Gasteiger partial charge in [-0.05, 0) is 25.0 Å². The summed E-state index contributed by atoms with van der Waals surface area (Å²) < 4.78 is 0. The highest BCUT2D eigenvalue weighted by atomic mass is 32.2. The standard InChI is InChI=1S/C12H17NOS/c14-10-12(6-7-12)13-8-9-15-11-4-2-1-3-5-11/h1-5,13-14H,6-10H2. The van der Waals surface area contributed by atoms with E-state index < -0.39 is 0 Å². The van der Waals surface area contributed by atoms with Gasteiger partial charge < -0.3 is 10.4 Å². The Labute approximate surface area is 95.1 Å². The van der Waals surface area contributed by atoms with Crippen LogP contribution in [0.5, 0.6) is 0 Å². The fourth-order valence-electron chi connectivity index (χ4n) is 1.54. The van der Waals surface area contributed by atoms with Crippen molar-refractivity contribution in [2.24, 2.45) is 0 Å². The minimum Gasteiger partial charge on any atom is -0.394 e. The highest BCUT2D eigenvalue weighted by Crippen LogP contribution is 2.34. The molecule has 1 saturated carbocycles. The second-order valence-corrected chi connectivity index (χ2v) is 5.20. The molecule has 0 saturated heterocycles. The van der Waals surface area contributed by atoms with E-state index in [0.29, 0.717) is 0 Å². The Morgan fingerprint density at radius 3 is 2.60 bits per heavy atom. The maximum absolute atomic E-state index is 9.10. The number of hydrogen-bond donors (Lipinski definition) is 2. The Kier molecular flexibility index (Phi) is 3.67. The molecule has 1 fully saturated rings. The molecule has 15 heavy (non-hydrogen) atoms. The third-order valence-corrected chi connectivity index (χ3v) is 3.78. The zero-order valence-electron chi connectivity index (χ0n) is 8.78. The highest BCUT2D eigenvalue weighted by molar-refractivity contribution is 7.99. The van der Waals surface area contributed by atoms with Crippen molar-refractivity contribution in [3.05, 3.63) is 30.3 Å². The first-order chi connectivity index (χ1) is 7.35. The van der Waals surface area contributed by atoms with E-state index in [9.17, 15) is 0 Å². The quantitative estimate of drug-likeness (QED) is 0.570. The number of rotatable bonds is 6. The second kappa shape index (κ2) is 5.01. The third kappa shape index (κ3) is 3.23. The molecule has 1 aliphatic rings. The third-order valence-electron chi connectivity index (χ3n) is 2.77. The molecule has 0 unspecified atom stereocenters. The van der Waals surface area contributed by atoms with Crippen molar-refractivity contribution in [2.45, 2.75) is 23.3 Å². The predicted molar refractivity (Wildman–Crippen MR) is 64.2 cm³/mol. The van der Waals surface area contributed by atoms with Crippen LogP contribution < -0.4 is 5.32 Å². The normalized spacial score (nSPS) is 17.7. The number of aliphatic hydroxyl groups excluding tert-OH is 1. The lowest BCUT2D eigenvalue weighted by atomic mass is 10.3. The van der Waals surface area contributed by atoms with Crippen molar-refractivity contribution < 1.29 is 5.11 Å². The molecule has 0 aromatic heterocycles. The van der Waals surface area contributed by atoms with Gasteiger partial charge in [0.2, 0.25) is 0 Å². The number of hydrogen-bond acceptors (Lipinski definition) is 3. The molecule has 0 heterocycles. The Hall–Kier alpha value is -0.510. The van der Waals surface area contributed by atoms with E-state index in [2.05, 4.69) is 29.6 Å². The van der Waals surface area contributed by atoms with Gasteiger partial charge in [0.15, 0.2) is 0 Å². The van der Waals surface area contributed by atoms with Crippen molar-refractivity contribution in [1.29, 1.82) is 0 Å². The minimum absolute atomic E-state index is 0.0806. The molecule has 1 aromatic carbocycles. The molecule has 1 aromatic rings. The Morgan fingerprint density at radius 1 is 1.27 bits per heavy atom. The summed E-state index contributed by atoms with van der Waals surface area (Å²) in [6.45, 7) is 1.25. The van der Waals surface area contributed by atoms with Gasteiger partial charge in [-0.25, -0.2) is 0 Å². The summed E-state index contributed by atoms with van der Waals surface area (Å²) in [6.07, 6.45) is 2.25. The van der Waals surface area contributed by atoms with Gasteiger partial charge in [0.05, 0.1) is 6.61 Å². The van der Waals surface area contributed by atoms with Crippen LogP contribution in [0.1, 0.15) is 12.8 Å². The first kappa shape index (κ1) is 11.0. The topological polar surface area (TPSA) is 32.3 Å². The molecule has 82 valence electrons. The molecule has 0 aliphatic heterocycles. The van der Waals surface area contributed by atoms with Gasteiger partial charge in [0, 0.05) is 22.7 Å². The van der Waals surface area contributed by atoms with Crippen molar-refractivity contribution in [3.63, 3.8) is 0 Å². The number of aliphatic hydroxyl groups is 1. The van der Waals surface area contributed by atoms with Crippen molar-refractivity contribution in [1.82, 2.24) is 5.32 Å². The van der Waals surface area contributed by atoms with Crippen LogP contribution in [0.2, 0.25) is 0 Å². The zero-order chi connectivity index (χ0) is 10.6. The van der Waals surface area contributed by atoms with Gasteiger partial charge >= 0.3 is 0 Å². The summed E-state index contributed by atoms with van der Waals surface area (Å²) in [4.78, 5) is 1.31. The van der Waals surface area contributed by atoms with Gasteiger partial charge in [-0.1, -0.05) is 18.2 Å². The van der Waals surface area contributed by atoms with Crippen LogP contribution >= 0.6 is 11.8 Å². The van der Waals surface area contributed by atoms with Crippen LogP contribution in [0.15, 0.2) is 35.2 Å². The van der Waals surface area contributed by atoms with Crippen LogP contribution in [0, 0.1) is 0 Å². The van der Waals surface area contributed by atoms with Crippen LogP contribution in [-0.2, 0) is 0 Å². The molecule has 2 N–H and O–H groups in total. The predicted octanol–water partition coefficient (Wildman–Crippen LogP) is 1.89. The Balaban J connectivity index is 1.63. The van der Waals surface area contributed by atoms with Gasteiger partial charge in [-0.2, -0.15) is 0 Å². The SMILES string of the molecule is OCC1(NCCSc2ccccc2)CC1.